The van der Waals surface area contributed by atoms with Gasteiger partial charge in [-0.25, -0.2) is 9.97 Å². The number of aromatic nitrogens is 2. The zero-order valence-electron chi connectivity index (χ0n) is 16.8. The van der Waals surface area contributed by atoms with E-state index < -0.39 is 23.4 Å². The largest absolute Gasteiger partial charge is 0.478 e. The summed E-state index contributed by atoms with van der Waals surface area (Å²) in [7, 11) is 0. The number of halogens is 4. The number of nitrogens with one attached hydrogen (secondary N) is 1. The van der Waals surface area contributed by atoms with Gasteiger partial charge in [-0.2, -0.15) is 13.2 Å². The van der Waals surface area contributed by atoms with Gasteiger partial charge in [0, 0.05) is 29.2 Å². The molecule has 2 aromatic rings. The molecule has 162 valence electrons. The molecule has 0 saturated heterocycles. The summed E-state index contributed by atoms with van der Waals surface area (Å²) >= 11 is 5.84. The molecule has 1 aromatic carbocycles. The Morgan fingerprint density at radius 1 is 1.13 bits per heavy atom. The van der Waals surface area contributed by atoms with Crippen LogP contribution in [0, 0.1) is 0 Å². The second-order valence-corrected chi connectivity index (χ2v) is 8.13. The fourth-order valence-electron chi connectivity index (χ4n) is 3.34. The number of nitrogens with zero attached hydrogens (tertiary/aromatic N) is 2. The molecule has 3 rings (SSSR count). The van der Waals surface area contributed by atoms with Gasteiger partial charge < -0.3 is 10.1 Å². The maximum Gasteiger partial charge on any atom is 0.433 e. The summed E-state index contributed by atoms with van der Waals surface area (Å²) in [5.74, 6) is 0.165. The van der Waals surface area contributed by atoms with E-state index in [0.29, 0.717) is 35.7 Å². The van der Waals surface area contributed by atoms with Crippen molar-refractivity contribution in [2.45, 2.75) is 57.7 Å². The van der Waals surface area contributed by atoms with Crippen molar-refractivity contribution in [3.63, 3.8) is 0 Å². The molecule has 0 spiro atoms. The van der Waals surface area contributed by atoms with E-state index in [4.69, 9.17) is 16.3 Å². The van der Waals surface area contributed by atoms with Gasteiger partial charge in [0.05, 0.1) is 0 Å². The summed E-state index contributed by atoms with van der Waals surface area (Å²) in [6, 6.07) is 6.60. The van der Waals surface area contributed by atoms with E-state index in [1.807, 2.05) is 0 Å². The minimum Gasteiger partial charge on any atom is -0.478 e. The molecule has 5 nitrogen and oxygen atoms in total. The third-order valence-corrected chi connectivity index (χ3v) is 5.12. The fourth-order valence-corrected chi connectivity index (χ4v) is 3.46. The molecule has 0 aliphatic heterocycles. The number of rotatable bonds is 6. The molecule has 0 bridgehead atoms. The highest BCUT2D eigenvalue weighted by molar-refractivity contribution is 6.30. The van der Waals surface area contributed by atoms with E-state index in [1.54, 1.807) is 38.1 Å². The number of hydrogen-bond acceptors (Lipinski definition) is 4. The first-order valence-electron chi connectivity index (χ1n) is 9.75. The van der Waals surface area contributed by atoms with Crippen LogP contribution >= 0.6 is 11.6 Å². The van der Waals surface area contributed by atoms with E-state index in [2.05, 4.69) is 15.3 Å². The molecule has 0 atom stereocenters. The lowest BCUT2D eigenvalue weighted by Crippen LogP contribution is -2.47. The highest BCUT2D eigenvalue weighted by Crippen LogP contribution is 2.34. The first-order valence-corrected chi connectivity index (χ1v) is 10.1. The second kappa shape index (κ2) is 8.79. The van der Waals surface area contributed by atoms with Crippen LogP contribution in [0.25, 0.3) is 0 Å². The molecule has 0 fully saturated rings. The molecule has 0 unspecified atom stereocenters. The van der Waals surface area contributed by atoms with Crippen molar-refractivity contribution in [3.05, 3.63) is 52.1 Å². The second-order valence-electron chi connectivity index (χ2n) is 7.69. The van der Waals surface area contributed by atoms with E-state index in [9.17, 15) is 18.0 Å². The standard InChI is InChI=1S/C21H23ClF3N3O2/c1-20(2,30-14-9-7-13(22)8-10-14)19(29)26-12-11-17-27-16-6-4-3-5-15(16)18(28-17)21(23,24)25/h7-10H,3-6,11-12H2,1-2H3,(H,26,29). The minimum atomic E-state index is -4.52. The molecular weight excluding hydrogens is 419 g/mol. The Bertz CT molecular complexity index is 915. The lowest BCUT2D eigenvalue weighted by molar-refractivity contribution is -0.142. The molecule has 1 aromatic heterocycles. The molecule has 0 radical (unpaired) electrons. The van der Waals surface area contributed by atoms with Gasteiger partial charge in [-0.1, -0.05) is 11.6 Å². The van der Waals surface area contributed by atoms with Gasteiger partial charge >= 0.3 is 6.18 Å². The molecule has 1 N–H and O–H groups in total. The third kappa shape index (κ3) is 5.41. The van der Waals surface area contributed by atoms with Crippen molar-refractivity contribution >= 4 is 17.5 Å². The van der Waals surface area contributed by atoms with Crippen LogP contribution in [0.2, 0.25) is 5.02 Å². The molecule has 1 amide bonds. The first-order chi connectivity index (χ1) is 14.1. The first kappa shape index (κ1) is 22.3. The van der Waals surface area contributed by atoms with E-state index in [0.717, 1.165) is 6.42 Å². The van der Waals surface area contributed by atoms with Gasteiger partial charge in [0.1, 0.15) is 11.6 Å². The number of benzene rings is 1. The summed E-state index contributed by atoms with van der Waals surface area (Å²) in [6.07, 6.45) is -2.04. The molecule has 0 saturated carbocycles. The Morgan fingerprint density at radius 2 is 1.80 bits per heavy atom. The Labute approximate surface area is 178 Å². The number of hydrogen-bond donors (Lipinski definition) is 1. The minimum absolute atomic E-state index is 0.0831. The van der Waals surface area contributed by atoms with Crippen LogP contribution < -0.4 is 10.1 Å². The van der Waals surface area contributed by atoms with Crippen molar-refractivity contribution in [1.29, 1.82) is 0 Å². The van der Waals surface area contributed by atoms with Gasteiger partial charge in [0.25, 0.3) is 5.91 Å². The SMILES string of the molecule is CC(C)(Oc1ccc(Cl)cc1)C(=O)NCCc1nc2c(c(C(F)(F)F)n1)CCCC2. The monoisotopic (exact) mass is 441 g/mol. The normalized spacial score (nSPS) is 14.2. The predicted octanol–water partition coefficient (Wildman–Crippen LogP) is 4.54. The van der Waals surface area contributed by atoms with E-state index in [1.165, 1.54) is 0 Å². The molecule has 1 heterocycles. The Morgan fingerprint density at radius 3 is 2.47 bits per heavy atom. The summed E-state index contributed by atoms with van der Waals surface area (Å²) in [6.45, 7) is 3.31. The number of aryl methyl sites for hydroxylation is 1. The van der Waals surface area contributed by atoms with Gasteiger partial charge in [-0.3, -0.25) is 4.79 Å². The average Bonchev–Trinajstić information content (AvgIpc) is 2.68. The van der Waals surface area contributed by atoms with Crippen molar-refractivity contribution < 1.29 is 22.7 Å². The van der Waals surface area contributed by atoms with Gasteiger partial charge in [0.2, 0.25) is 0 Å². The highest BCUT2D eigenvalue weighted by Gasteiger charge is 2.38. The summed E-state index contributed by atoms with van der Waals surface area (Å²) in [5.41, 5.74) is -1.35. The Kier molecular flexibility index (Phi) is 6.55. The number of carbonyl (C=O) groups is 1. The predicted molar refractivity (Wildman–Crippen MR) is 107 cm³/mol. The molecule has 1 aliphatic rings. The number of alkyl halides is 3. The molecule has 9 heteroatoms. The van der Waals surface area contributed by atoms with Crippen molar-refractivity contribution in [2.24, 2.45) is 0 Å². The number of fused-ring (bicyclic) bond motifs is 1. The van der Waals surface area contributed by atoms with Crippen molar-refractivity contribution in [1.82, 2.24) is 15.3 Å². The van der Waals surface area contributed by atoms with Crippen molar-refractivity contribution in [3.8, 4) is 5.75 Å². The molecule has 1 aliphatic carbocycles. The zero-order valence-corrected chi connectivity index (χ0v) is 17.5. The third-order valence-electron chi connectivity index (χ3n) is 4.87. The topological polar surface area (TPSA) is 64.1 Å². The molecule has 30 heavy (non-hydrogen) atoms. The van der Waals surface area contributed by atoms with Crippen LogP contribution in [-0.2, 0) is 30.2 Å². The van der Waals surface area contributed by atoms with E-state index >= 15 is 0 Å². The van der Waals surface area contributed by atoms with Gasteiger partial charge in [-0.15, -0.1) is 0 Å². The highest BCUT2D eigenvalue weighted by atomic mass is 35.5. The fraction of sp³-hybridized carbons (Fsp3) is 0.476. The summed E-state index contributed by atoms with van der Waals surface area (Å²) in [5, 5.41) is 3.24. The Balaban J connectivity index is 1.64. The quantitative estimate of drug-likeness (QED) is 0.714. The summed E-state index contributed by atoms with van der Waals surface area (Å²) in [4.78, 5) is 20.6. The maximum atomic E-state index is 13.4. The summed E-state index contributed by atoms with van der Waals surface area (Å²) < 4.78 is 45.9. The average molecular weight is 442 g/mol. The van der Waals surface area contributed by atoms with Gasteiger partial charge in [0.15, 0.2) is 11.3 Å². The van der Waals surface area contributed by atoms with E-state index in [-0.39, 0.29) is 24.4 Å². The smallest absolute Gasteiger partial charge is 0.433 e. The maximum absolute atomic E-state index is 13.4. The molecular formula is C21H23ClF3N3O2. The van der Waals surface area contributed by atoms with Crippen LogP contribution in [0.5, 0.6) is 5.75 Å². The Hall–Kier alpha value is -2.35. The zero-order chi connectivity index (χ0) is 21.9. The van der Waals surface area contributed by atoms with Crippen LogP contribution in [0.3, 0.4) is 0 Å². The van der Waals surface area contributed by atoms with Crippen LogP contribution in [0.1, 0.15) is 49.5 Å². The lowest BCUT2D eigenvalue weighted by Gasteiger charge is -2.25. The number of amides is 1. The number of ether oxygens (including phenoxy) is 1. The van der Waals surface area contributed by atoms with Crippen LogP contribution in [0.4, 0.5) is 13.2 Å². The number of carbonyl (C=O) groups excluding carboxylic acids is 1. The van der Waals surface area contributed by atoms with Crippen LogP contribution in [-0.4, -0.2) is 28.0 Å². The van der Waals surface area contributed by atoms with Crippen LogP contribution in [0.15, 0.2) is 24.3 Å². The van der Waals surface area contributed by atoms with Crippen molar-refractivity contribution in [2.75, 3.05) is 6.54 Å². The lowest BCUT2D eigenvalue weighted by atomic mass is 9.94. The van der Waals surface area contributed by atoms with Gasteiger partial charge in [-0.05, 0) is 63.8 Å².